The van der Waals surface area contributed by atoms with Gasteiger partial charge in [0.1, 0.15) is 5.82 Å². The number of aryl methyl sites for hydroxylation is 2. The molecule has 3 heterocycles. The SMILES string of the molecule is Cc1cc(C)n(-c2ccc(CSc3nnc(-c4ccc(F)cc4)n3CCN3CCOCC3)cc2)n1. The second kappa shape index (κ2) is 10.7. The van der Waals surface area contributed by atoms with Gasteiger partial charge in [0.2, 0.25) is 0 Å². The molecule has 0 aliphatic carbocycles. The number of nitrogens with zero attached hydrogens (tertiary/aromatic N) is 6. The number of benzene rings is 2. The highest BCUT2D eigenvalue weighted by Gasteiger charge is 2.17. The molecule has 35 heavy (non-hydrogen) atoms. The second-order valence-corrected chi connectivity index (χ2v) is 9.66. The van der Waals surface area contributed by atoms with Crippen molar-refractivity contribution in [2.24, 2.45) is 0 Å². The van der Waals surface area contributed by atoms with Crippen LogP contribution in [-0.2, 0) is 17.0 Å². The van der Waals surface area contributed by atoms with Crippen molar-refractivity contribution in [1.29, 1.82) is 0 Å². The summed E-state index contributed by atoms with van der Waals surface area (Å²) < 4.78 is 23.1. The first-order chi connectivity index (χ1) is 17.1. The van der Waals surface area contributed by atoms with Gasteiger partial charge in [0.15, 0.2) is 11.0 Å². The smallest absolute Gasteiger partial charge is 0.191 e. The third-order valence-electron chi connectivity index (χ3n) is 6.12. The summed E-state index contributed by atoms with van der Waals surface area (Å²) in [5, 5.41) is 14.4. The van der Waals surface area contributed by atoms with E-state index in [2.05, 4.69) is 62.0 Å². The first-order valence-electron chi connectivity index (χ1n) is 11.8. The van der Waals surface area contributed by atoms with Gasteiger partial charge in [-0.3, -0.25) is 4.90 Å². The summed E-state index contributed by atoms with van der Waals surface area (Å²) in [6.45, 7) is 9.11. The Kier molecular flexibility index (Phi) is 7.26. The van der Waals surface area contributed by atoms with E-state index >= 15 is 0 Å². The molecular formula is C26H29FN6OS. The average molecular weight is 493 g/mol. The molecular weight excluding hydrogens is 463 g/mol. The molecule has 9 heteroatoms. The number of thioether (sulfide) groups is 1. The van der Waals surface area contributed by atoms with Crippen LogP contribution >= 0.6 is 11.8 Å². The Balaban J connectivity index is 1.32. The van der Waals surface area contributed by atoms with Crippen molar-refractivity contribution >= 4 is 11.8 Å². The molecule has 5 rings (SSSR count). The van der Waals surface area contributed by atoms with Gasteiger partial charge in [0, 0.05) is 43.2 Å². The Labute approximate surface area is 208 Å². The molecule has 0 N–H and O–H groups in total. The molecule has 0 spiro atoms. The van der Waals surface area contributed by atoms with E-state index in [0.717, 1.165) is 78.8 Å². The van der Waals surface area contributed by atoms with E-state index < -0.39 is 0 Å². The standard InChI is InChI=1S/C26H29FN6OS/c1-19-17-20(2)33(30-19)24-9-3-21(4-10-24)18-35-26-29-28-25(22-5-7-23(27)8-6-22)32(26)12-11-31-13-15-34-16-14-31/h3-10,17H,11-16,18H2,1-2H3. The van der Waals surface area contributed by atoms with E-state index in [1.54, 1.807) is 23.9 Å². The number of morpholine rings is 1. The summed E-state index contributed by atoms with van der Waals surface area (Å²) in [6, 6.07) is 17.0. The van der Waals surface area contributed by atoms with Crippen LogP contribution in [0.15, 0.2) is 59.8 Å². The molecule has 1 fully saturated rings. The number of halogens is 1. The summed E-state index contributed by atoms with van der Waals surface area (Å²) in [6.07, 6.45) is 0. The minimum Gasteiger partial charge on any atom is -0.379 e. The third-order valence-corrected chi connectivity index (χ3v) is 7.16. The lowest BCUT2D eigenvalue weighted by atomic mass is 10.2. The Morgan fingerprint density at radius 2 is 1.69 bits per heavy atom. The molecule has 1 aliphatic heterocycles. The predicted octanol–water partition coefficient (Wildman–Crippen LogP) is 4.51. The first kappa shape index (κ1) is 23.7. The molecule has 4 aromatic rings. The molecule has 2 aromatic heterocycles. The van der Waals surface area contributed by atoms with Gasteiger partial charge in [-0.2, -0.15) is 5.10 Å². The minimum atomic E-state index is -0.258. The lowest BCUT2D eigenvalue weighted by Crippen LogP contribution is -2.38. The van der Waals surface area contributed by atoms with E-state index in [-0.39, 0.29) is 5.82 Å². The van der Waals surface area contributed by atoms with E-state index in [4.69, 9.17) is 4.74 Å². The molecule has 0 bridgehead atoms. The van der Waals surface area contributed by atoms with Crippen LogP contribution < -0.4 is 0 Å². The van der Waals surface area contributed by atoms with E-state index in [1.165, 1.54) is 17.7 Å². The van der Waals surface area contributed by atoms with Crippen LogP contribution in [0.25, 0.3) is 17.1 Å². The van der Waals surface area contributed by atoms with Crippen LogP contribution in [0.1, 0.15) is 17.0 Å². The van der Waals surface area contributed by atoms with Crippen LogP contribution in [0.5, 0.6) is 0 Å². The highest BCUT2D eigenvalue weighted by molar-refractivity contribution is 7.98. The number of aromatic nitrogens is 5. The monoisotopic (exact) mass is 492 g/mol. The largest absolute Gasteiger partial charge is 0.379 e. The number of hydrogen-bond acceptors (Lipinski definition) is 6. The number of hydrogen-bond donors (Lipinski definition) is 0. The van der Waals surface area contributed by atoms with Gasteiger partial charge in [-0.15, -0.1) is 10.2 Å². The molecule has 0 unspecified atom stereocenters. The van der Waals surface area contributed by atoms with Crippen molar-refractivity contribution < 1.29 is 9.13 Å². The van der Waals surface area contributed by atoms with Gasteiger partial charge < -0.3 is 9.30 Å². The molecule has 7 nitrogen and oxygen atoms in total. The summed E-state index contributed by atoms with van der Waals surface area (Å²) >= 11 is 1.66. The lowest BCUT2D eigenvalue weighted by molar-refractivity contribution is 0.0361. The van der Waals surface area contributed by atoms with Gasteiger partial charge >= 0.3 is 0 Å². The summed E-state index contributed by atoms with van der Waals surface area (Å²) in [4.78, 5) is 2.39. The Bertz CT molecular complexity index is 1260. The molecule has 1 saturated heterocycles. The summed E-state index contributed by atoms with van der Waals surface area (Å²) in [5.41, 5.74) is 5.24. The number of ether oxygens (including phenoxy) is 1. The number of rotatable bonds is 8. The average Bonchev–Trinajstić information content (AvgIpc) is 3.44. The highest BCUT2D eigenvalue weighted by atomic mass is 32.2. The Hall–Kier alpha value is -3.01. The van der Waals surface area contributed by atoms with Crippen molar-refractivity contribution in [2.75, 3.05) is 32.8 Å². The Morgan fingerprint density at radius 3 is 2.37 bits per heavy atom. The molecule has 182 valence electrons. The van der Waals surface area contributed by atoms with Crippen molar-refractivity contribution in [3.63, 3.8) is 0 Å². The molecule has 2 aromatic carbocycles. The van der Waals surface area contributed by atoms with Crippen LogP contribution in [-0.4, -0.2) is 62.3 Å². The van der Waals surface area contributed by atoms with Gasteiger partial charge in [-0.1, -0.05) is 23.9 Å². The summed E-state index contributed by atoms with van der Waals surface area (Å²) in [7, 11) is 0. The fourth-order valence-corrected chi connectivity index (χ4v) is 5.17. The topological polar surface area (TPSA) is 61.0 Å². The first-order valence-corrected chi connectivity index (χ1v) is 12.8. The Morgan fingerprint density at radius 1 is 0.943 bits per heavy atom. The van der Waals surface area contributed by atoms with Crippen LogP contribution in [0.2, 0.25) is 0 Å². The van der Waals surface area contributed by atoms with Crippen molar-refractivity contribution in [3.05, 3.63) is 77.4 Å². The zero-order valence-corrected chi connectivity index (χ0v) is 20.8. The van der Waals surface area contributed by atoms with Gasteiger partial charge in [0.05, 0.1) is 24.6 Å². The van der Waals surface area contributed by atoms with Gasteiger partial charge in [-0.25, -0.2) is 9.07 Å². The molecule has 0 amide bonds. The van der Waals surface area contributed by atoms with Crippen LogP contribution in [0, 0.1) is 19.7 Å². The van der Waals surface area contributed by atoms with Gasteiger partial charge in [-0.05, 0) is 61.9 Å². The normalized spacial score (nSPS) is 14.5. The maximum atomic E-state index is 13.5. The zero-order chi connectivity index (χ0) is 24.2. The maximum Gasteiger partial charge on any atom is 0.191 e. The molecule has 1 aliphatic rings. The van der Waals surface area contributed by atoms with Crippen LogP contribution in [0.4, 0.5) is 4.39 Å². The predicted molar refractivity (Wildman–Crippen MR) is 135 cm³/mol. The lowest BCUT2D eigenvalue weighted by Gasteiger charge is -2.27. The van der Waals surface area contributed by atoms with Crippen molar-refractivity contribution in [3.8, 4) is 17.1 Å². The highest BCUT2D eigenvalue weighted by Crippen LogP contribution is 2.27. The third kappa shape index (κ3) is 5.63. The quantitative estimate of drug-likeness (QED) is 0.337. The minimum absolute atomic E-state index is 0.258. The van der Waals surface area contributed by atoms with Crippen molar-refractivity contribution in [2.45, 2.75) is 31.3 Å². The fourth-order valence-electron chi connectivity index (χ4n) is 4.25. The van der Waals surface area contributed by atoms with E-state index in [9.17, 15) is 4.39 Å². The maximum absolute atomic E-state index is 13.5. The molecule has 0 atom stereocenters. The zero-order valence-electron chi connectivity index (χ0n) is 20.0. The van der Waals surface area contributed by atoms with Gasteiger partial charge in [0.25, 0.3) is 0 Å². The van der Waals surface area contributed by atoms with Crippen molar-refractivity contribution in [1.82, 2.24) is 29.4 Å². The molecule has 0 saturated carbocycles. The van der Waals surface area contributed by atoms with Crippen LogP contribution in [0.3, 0.4) is 0 Å². The fraction of sp³-hybridized carbons (Fsp3) is 0.346. The van der Waals surface area contributed by atoms with E-state index in [0.29, 0.717) is 0 Å². The second-order valence-electron chi connectivity index (χ2n) is 8.71. The van der Waals surface area contributed by atoms with E-state index in [1.807, 2.05) is 11.6 Å². The molecule has 0 radical (unpaired) electrons. The summed E-state index contributed by atoms with van der Waals surface area (Å²) in [5.74, 6) is 1.28.